The molecular weight excluding hydrogens is 345 g/mol. The first kappa shape index (κ1) is 15.3. The number of benzene rings is 2. The molecule has 0 amide bonds. The van der Waals surface area contributed by atoms with E-state index in [1.54, 1.807) is 12.1 Å². The van der Waals surface area contributed by atoms with Crippen LogP contribution in [0.15, 0.2) is 40.9 Å². The Bertz CT molecular complexity index is 621. The van der Waals surface area contributed by atoms with Crippen molar-refractivity contribution in [3.8, 4) is 5.75 Å². The van der Waals surface area contributed by atoms with Gasteiger partial charge in [-0.2, -0.15) is 0 Å². The summed E-state index contributed by atoms with van der Waals surface area (Å²) >= 11 is 9.20. The van der Waals surface area contributed by atoms with Crippen LogP contribution in [0.1, 0.15) is 24.1 Å². The van der Waals surface area contributed by atoms with Crippen molar-refractivity contribution < 1.29 is 9.13 Å². The molecule has 2 nitrogen and oxygen atoms in total. The quantitative estimate of drug-likeness (QED) is 0.860. The predicted molar refractivity (Wildman–Crippen MR) is 82.8 cm³/mol. The maximum atomic E-state index is 14.1. The van der Waals surface area contributed by atoms with Crippen LogP contribution in [0.5, 0.6) is 5.75 Å². The van der Waals surface area contributed by atoms with Crippen LogP contribution in [-0.2, 0) is 0 Å². The molecule has 0 radical (unpaired) electrons. The maximum absolute atomic E-state index is 14.1. The Morgan fingerprint density at radius 2 is 2.05 bits per heavy atom. The number of nitrogens with two attached hydrogens (primary N) is 1. The normalized spacial score (nSPS) is 12.2. The molecule has 0 heterocycles. The van der Waals surface area contributed by atoms with Gasteiger partial charge in [0.05, 0.1) is 17.7 Å². The van der Waals surface area contributed by atoms with Crippen molar-refractivity contribution in [2.75, 3.05) is 6.61 Å². The second-order valence-corrected chi connectivity index (χ2v) is 5.56. The lowest BCUT2D eigenvalue weighted by Gasteiger charge is -2.18. The monoisotopic (exact) mass is 357 g/mol. The van der Waals surface area contributed by atoms with Gasteiger partial charge in [0.25, 0.3) is 0 Å². The van der Waals surface area contributed by atoms with E-state index in [2.05, 4.69) is 15.9 Å². The summed E-state index contributed by atoms with van der Waals surface area (Å²) in [6.07, 6.45) is 0. The lowest BCUT2D eigenvalue weighted by atomic mass is 9.98. The van der Waals surface area contributed by atoms with E-state index in [-0.39, 0.29) is 5.02 Å². The third-order valence-corrected chi connectivity index (χ3v) is 3.71. The topological polar surface area (TPSA) is 35.2 Å². The van der Waals surface area contributed by atoms with Gasteiger partial charge in [-0.25, -0.2) is 4.39 Å². The highest BCUT2D eigenvalue weighted by Gasteiger charge is 2.19. The molecule has 0 spiro atoms. The molecule has 1 unspecified atom stereocenters. The van der Waals surface area contributed by atoms with E-state index in [1.165, 1.54) is 6.07 Å². The molecule has 2 rings (SSSR count). The Balaban J connectivity index is 2.49. The first-order chi connectivity index (χ1) is 9.54. The van der Waals surface area contributed by atoms with Crippen molar-refractivity contribution >= 4 is 27.5 Å². The molecule has 0 aliphatic carbocycles. The van der Waals surface area contributed by atoms with Gasteiger partial charge in [0, 0.05) is 15.6 Å². The Hall–Kier alpha value is -1.10. The average Bonchev–Trinajstić information content (AvgIpc) is 2.43. The molecule has 0 saturated carbocycles. The number of ether oxygens (including phenoxy) is 1. The van der Waals surface area contributed by atoms with Crippen LogP contribution in [0.3, 0.4) is 0 Å². The number of hydrogen-bond donors (Lipinski definition) is 1. The second-order valence-electron chi connectivity index (χ2n) is 4.24. The second kappa shape index (κ2) is 6.57. The van der Waals surface area contributed by atoms with E-state index in [1.807, 2.05) is 25.1 Å². The lowest BCUT2D eigenvalue weighted by molar-refractivity contribution is 0.335. The molecule has 2 N–H and O–H groups in total. The Morgan fingerprint density at radius 1 is 1.30 bits per heavy atom. The molecule has 0 aromatic heterocycles. The first-order valence-electron chi connectivity index (χ1n) is 6.16. The molecule has 0 fully saturated rings. The zero-order valence-electron chi connectivity index (χ0n) is 10.9. The Labute approximate surface area is 130 Å². The molecule has 1 atom stereocenters. The van der Waals surface area contributed by atoms with E-state index in [0.717, 1.165) is 4.47 Å². The number of halogens is 3. The van der Waals surface area contributed by atoms with Crippen LogP contribution >= 0.6 is 27.5 Å². The molecule has 5 heteroatoms. The van der Waals surface area contributed by atoms with Crippen molar-refractivity contribution in [3.63, 3.8) is 0 Å². The van der Waals surface area contributed by atoms with Crippen molar-refractivity contribution in [1.82, 2.24) is 0 Å². The first-order valence-corrected chi connectivity index (χ1v) is 7.33. The average molecular weight is 359 g/mol. The van der Waals surface area contributed by atoms with Crippen molar-refractivity contribution in [1.29, 1.82) is 0 Å². The van der Waals surface area contributed by atoms with Gasteiger partial charge in [0.2, 0.25) is 0 Å². The minimum Gasteiger partial charge on any atom is -0.494 e. The molecule has 2 aromatic carbocycles. The number of hydrogen-bond acceptors (Lipinski definition) is 2. The summed E-state index contributed by atoms with van der Waals surface area (Å²) < 4.78 is 20.5. The van der Waals surface area contributed by atoms with Gasteiger partial charge >= 0.3 is 0 Å². The highest BCUT2D eigenvalue weighted by atomic mass is 79.9. The molecule has 0 aliphatic heterocycles. The molecular formula is C15H14BrClFNO. The van der Waals surface area contributed by atoms with Crippen LogP contribution in [0.4, 0.5) is 4.39 Å². The summed E-state index contributed by atoms with van der Waals surface area (Å²) in [6.45, 7) is 2.40. The van der Waals surface area contributed by atoms with Crippen molar-refractivity contribution in [2.45, 2.75) is 13.0 Å². The molecule has 0 aliphatic rings. The van der Waals surface area contributed by atoms with E-state index in [0.29, 0.717) is 23.5 Å². The third kappa shape index (κ3) is 3.14. The van der Waals surface area contributed by atoms with Crippen LogP contribution in [0, 0.1) is 5.82 Å². The van der Waals surface area contributed by atoms with E-state index in [9.17, 15) is 4.39 Å². The smallest absolute Gasteiger partial charge is 0.146 e. The highest BCUT2D eigenvalue weighted by Crippen LogP contribution is 2.33. The van der Waals surface area contributed by atoms with Gasteiger partial charge in [0.1, 0.15) is 11.6 Å². The summed E-state index contributed by atoms with van der Waals surface area (Å²) in [5, 5.41) is 0.0610. The zero-order valence-corrected chi connectivity index (χ0v) is 13.2. The highest BCUT2D eigenvalue weighted by molar-refractivity contribution is 9.10. The zero-order chi connectivity index (χ0) is 14.7. The molecule has 2 aromatic rings. The summed E-state index contributed by atoms with van der Waals surface area (Å²) in [7, 11) is 0. The molecule has 20 heavy (non-hydrogen) atoms. The Kier molecular flexibility index (Phi) is 5.02. The molecule has 0 saturated heterocycles. The van der Waals surface area contributed by atoms with Gasteiger partial charge in [-0.3, -0.25) is 0 Å². The predicted octanol–water partition coefficient (Wildman–Crippen LogP) is 4.69. The van der Waals surface area contributed by atoms with Crippen LogP contribution in [-0.4, -0.2) is 6.61 Å². The van der Waals surface area contributed by atoms with E-state index >= 15 is 0 Å². The van der Waals surface area contributed by atoms with Crippen molar-refractivity contribution in [3.05, 3.63) is 62.8 Å². The summed E-state index contributed by atoms with van der Waals surface area (Å²) in [4.78, 5) is 0. The summed E-state index contributed by atoms with van der Waals surface area (Å²) in [5.74, 6) is 0.145. The molecule has 106 valence electrons. The fourth-order valence-corrected chi connectivity index (χ4v) is 2.54. The molecule has 0 bridgehead atoms. The van der Waals surface area contributed by atoms with Gasteiger partial charge in [-0.05, 0) is 31.2 Å². The third-order valence-electron chi connectivity index (χ3n) is 2.92. The van der Waals surface area contributed by atoms with Crippen LogP contribution < -0.4 is 10.5 Å². The SMILES string of the molecule is CCOc1ccc(Br)cc1C(N)c1cccc(Cl)c1F. The number of rotatable bonds is 4. The van der Waals surface area contributed by atoms with E-state index < -0.39 is 11.9 Å². The van der Waals surface area contributed by atoms with E-state index in [4.69, 9.17) is 22.1 Å². The minimum atomic E-state index is -0.646. The van der Waals surface area contributed by atoms with Crippen LogP contribution in [0.2, 0.25) is 5.02 Å². The van der Waals surface area contributed by atoms with Crippen molar-refractivity contribution in [2.24, 2.45) is 5.73 Å². The van der Waals surface area contributed by atoms with Gasteiger partial charge in [0.15, 0.2) is 0 Å². The van der Waals surface area contributed by atoms with Gasteiger partial charge in [-0.1, -0.05) is 39.7 Å². The maximum Gasteiger partial charge on any atom is 0.146 e. The lowest BCUT2D eigenvalue weighted by Crippen LogP contribution is -2.15. The minimum absolute atomic E-state index is 0.0610. The summed E-state index contributed by atoms with van der Waals surface area (Å²) in [6, 6.07) is 9.66. The fraction of sp³-hybridized carbons (Fsp3) is 0.200. The largest absolute Gasteiger partial charge is 0.494 e. The van der Waals surface area contributed by atoms with Crippen LogP contribution in [0.25, 0.3) is 0 Å². The fourth-order valence-electron chi connectivity index (χ4n) is 1.98. The standard InChI is InChI=1S/C15H14BrClFNO/c1-2-20-13-7-6-9(16)8-11(13)15(19)10-4-3-5-12(17)14(10)18/h3-8,15H,2,19H2,1H3. The summed E-state index contributed by atoms with van der Waals surface area (Å²) in [5.41, 5.74) is 7.24. The van der Waals surface area contributed by atoms with Gasteiger partial charge < -0.3 is 10.5 Å². The Morgan fingerprint density at radius 3 is 2.75 bits per heavy atom. The van der Waals surface area contributed by atoms with Gasteiger partial charge in [-0.15, -0.1) is 0 Å².